The van der Waals surface area contributed by atoms with Crippen LogP contribution < -0.4 is 0 Å². The number of aryl methyl sites for hydroxylation is 1. The number of pyridine rings is 1. The largest absolute Gasteiger partial charge is 0.346 e. The molecule has 118 valence electrons. The molecule has 0 amide bonds. The third-order valence-corrected chi connectivity index (χ3v) is 5.41. The van der Waals surface area contributed by atoms with Crippen molar-refractivity contribution in [2.24, 2.45) is 0 Å². The van der Waals surface area contributed by atoms with Gasteiger partial charge in [0.15, 0.2) is 9.53 Å². The number of nitriles is 1. The second kappa shape index (κ2) is 5.04. The van der Waals surface area contributed by atoms with Gasteiger partial charge in [-0.2, -0.15) is 10.4 Å². The summed E-state index contributed by atoms with van der Waals surface area (Å²) in [5, 5.41) is 14.5. The average molecular weight is 429 g/mol. The highest BCUT2D eigenvalue weighted by Gasteiger charge is 2.26. The Morgan fingerprint density at radius 1 is 1.42 bits per heavy atom. The number of imidazole rings is 1. The number of rotatable bonds is 1. The van der Waals surface area contributed by atoms with E-state index in [2.05, 4.69) is 59.3 Å². The molecular weight excluding hydrogens is 417 g/mol. The first-order valence-electron chi connectivity index (χ1n) is 7.71. The molecule has 0 aliphatic carbocycles. The van der Waals surface area contributed by atoms with Crippen LogP contribution in [0, 0.1) is 15.2 Å². The average Bonchev–Trinajstić information content (AvgIpc) is 3.28. The Morgan fingerprint density at radius 3 is 3.21 bits per heavy atom. The maximum Gasteiger partial charge on any atom is 0.172 e. The van der Waals surface area contributed by atoms with Crippen LogP contribution in [0.1, 0.15) is 23.9 Å². The van der Waals surface area contributed by atoms with Crippen LogP contribution in [-0.4, -0.2) is 29.3 Å². The van der Waals surface area contributed by atoms with Crippen LogP contribution in [0.15, 0.2) is 24.5 Å². The molecule has 0 saturated heterocycles. The summed E-state index contributed by atoms with van der Waals surface area (Å²) < 4.78 is 5.22. The van der Waals surface area contributed by atoms with Gasteiger partial charge < -0.3 is 9.55 Å². The molecule has 5 heterocycles. The van der Waals surface area contributed by atoms with E-state index in [1.807, 2.05) is 23.1 Å². The third-order valence-electron chi connectivity index (χ3n) is 4.65. The maximum absolute atomic E-state index is 9.06. The van der Waals surface area contributed by atoms with Gasteiger partial charge in [0.25, 0.3) is 0 Å². The van der Waals surface area contributed by atoms with Crippen LogP contribution in [0.2, 0.25) is 0 Å². The lowest BCUT2D eigenvalue weighted by Crippen LogP contribution is -2.24. The molecule has 0 radical (unpaired) electrons. The molecule has 0 spiro atoms. The van der Waals surface area contributed by atoms with Crippen LogP contribution in [0.5, 0.6) is 0 Å². The zero-order valence-corrected chi connectivity index (χ0v) is 14.7. The quantitative estimate of drug-likeness (QED) is 0.472. The lowest BCUT2D eigenvalue weighted by atomic mass is 10.0. The zero-order valence-electron chi connectivity index (χ0n) is 12.6. The molecule has 0 unspecified atom stereocenters. The summed E-state index contributed by atoms with van der Waals surface area (Å²) in [6.45, 7) is 0.757. The molecule has 0 saturated carbocycles. The molecule has 4 aromatic rings. The number of aromatic amines is 1. The van der Waals surface area contributed by atoms with Gasteiger partial charge in [0.1, 0.15) is 17.2 Å². The highest BCUT2D eigenvalue weighted by atomic mass is 127. The third kappa shape index (κ3) is 1.91. The topological polar surface area (TPSA) is 88.1 Å². The molecule has 1 aliphatic heterocycles. The van der Waals surface area contributed by atoms with E-state index in [0.29, 0.717) is 5.69 Å². The summed E-state index contributed by atoms with van der Waals surface area (Å²) in [4.78, 5) is 12.3. The number of hydrogen-bond acceptors (Lipinski definition) is 4. The monoisotopic (exact) mass is 429 g/mol. The molecule has 8 heteroatoms. The minimum absolute atomic E-state index is 0.265. The van der Waals surface area contributed by atoms with E-state index < -0.39 is 0 Å². The number of H-pyrrole nitrogens is 1. The van der Waals surface area contributed by atoms with E-state index in [0.717, 1.165) is 51.0 Å². The Morgan fingerprint density at radius 2 is 2.33 bits per heavy atom. The zero-order chi connectivity index (χ0) is 16.3. The van der Waals surface area contributed by atoms with Crippen molar-refractivity contribution in [3.63, 3.8) is 0 Å². The Balaban J connectivity index is 1.68. The molecule has 1 N–H and O–H groups in total. The lowest BCUT2D eigenvalue weighted by molar-refractivity contribution is 0.344. The van der Waals surface area contributed by atoms with Crippen molar-refractivity contribution >= 4 is 44.7 Å². The fraction of sp³-hybridized carbons (Fsp3) is 0.250. The van der Waals surface area contributed by atoms with E-state index in [1.165, 1.54) is 0 Å². The van der Waals surface area contributed by atoms with Crippen LogP contribution in [0.25, 0.3) is 22.1 Å². The molecule has 4 aromatic heterocycles. The van der Waals surface area contributed by atoms with Gasteiger partial charge in [0.05, 0.1) is 24.3 Å². The number of hydrogen-bond donors (Lipinski definition) is 1. The van der Waals surface area contributed by atoms with E-state index >= 15 is 0 Å². The predicted molar refractivity (Wildman–Crippen MR) is 96.4 cm³/mol. The van der Waals surface area contributed by atoms with Crippen LogP contribution in [0.4, 0.5) is 0 Å². The van der Waals surface area contributed by atoms with Gasteiger partial charge in [0, 0.05) is 17.3 Å². The molecule has 0 fully saturated rings. The molecule has 24 heavy (non-hydrogen) atoms. The molecule has 0 aromatic carbocycles. The molecule has 7 nitrogen and oxygen atoms in total. The van der Waals surface area contributed by atoms with Crippen molar-refractivity contribution in [1.29, 1.82) is 5.26 Å². The van der Waals surface area contributed by atoms with E-state index in [4.69, 9.17) is 5.26 Å². The number of nitrogens with one attached hydrogen (secondary N) is 1. The predicted octanol–water partition coefficient (Wildman–Crippen LogP) is 2.77. The van der Waals surface area contributed by atoms with E-state index in [-0.39, 0.29) is 6.04 Å². The van der Waals surface area contributed by atoms with Gasteiger partial charge in [-0.15, -0.1) is 0 Å². The van der Waals surface area contributed by atoms with Gasteiger partial charge in [-0.1, -0.05) is 0 Å². The van der Waals surface area contributed by atoms with E-state index in [9.17, 15) is 0 Å². The van der Waals surface area contributed by atoms with E-state index in [1.54, 1.807) is 0 Å². The van der Waals surface area contributed by atoms with Gasteiger partial charge in [-0.05, 0) is 47.6 Å². The SMILES string of the molecule is N#Cc1cc2n(n1)C[C@@H](n1c(I)nc3cnc4[nH]ccc4c31)CC2. The molecule has 1 atom stereocenters. The molecular formula is C16H12IN7. The lowest BCUT2D eigenvalue weighted by Gasteiger charge is -2.26. The Bertz CT molecular complexity index is 1130. The summed E-state index contributed by atoms with van der Waals surface area (Å²) in [7, 11) is 0. The fourth-order valence-electron chi connectivity index (χ4n) is 3.58. The maximum atomic E-state index is 9.06. The molecule has 0 bridgehead atoms. The van der Waals surface area contributed by atoms with Crippen molar-refractivity contribution in [2.45, 2.75) is 25.4 Å². The molecule has 1 aliphatic rings. The van der Waals surface area contributed by atoms with Crippen molar-refractivity contribution in [1.82, 2.24) is 29.3 Å². The standard InChI is InChI=1S/C16H12IN7/c17-16-21-13-7-20-15-12(3-4-19-15)14(13)24(16)11-2-1-10-5-9(6-18)22-23(10)8-11/h3-5,7,11H,1-2,8H2,(H,19,20)/t11-/m0/s1. The first-order valence-corrected chi connectivity index (χ1v) is 8.79. The number of nitrogens with zero attached hydrogens (tertiary/aromatic N) is 6. The van der Waals surface area contributed by atoms with Gasteiger partial charge in [-0.3, -0.25) is 4.68 Å². The summed E-state index contributed by atoms with van der Waals surface area (Å²) in [6.07, 6.45) is 5.65. The second-order valence-electron chi connectivity index (χ2n) is 5.99. The smallest absolute Gasteiger partial charge is 0.172 e. The van der Waals surface area contributed by atoms with Crippen molar-refractivity contribution in [3.05, 3.63) is 39.7 Å². The van der Waals surface area contributed by atoms with Crippen LogP contribution >= 0.6 is 22.6 Å². The number of halogens is 1. The molecule has 5 rings (SSSR count). The van der Waals surface area contributed by atoms with Crippen LogP contribution in [-0.2, 0) is 13.0 Å². The van der Waals surface area contributed by atoms with Crippen molar-refractivity contribution in [2.75, 3.05) is 0 Å². The summed E-state index contributed by atoms with van der Waals surface area (Å²) >= 11 is 2.29. The number of fused-ring (bicyclic) bond motifs is 4. The van der Waals surface area contributed by atoms with Gasteiger partial charge in [0.2, 0.25) is 0 Å². The van der Waals surface area contributed by atoms with Gasteiger partial charge >= 0.3 is 0 Å². The van der Waals surface area contributed by atoms with Crippen molar-refractivity contribution in [3.8, 4) is 6.07 Å². The highest BCUT2D eigenvalue weighted by molar-refractivity contribution is 14.1. The van der Waals surface area contributed by atoms with Crippen LogP contribution in [0.3, 0.4) is 0 Å². The fourth-order valence-corrected chi connectivity index (χ4v) is 4.48. The summed E-state index contributed by atoms with van der Waals surface area (Å²) in [6, 6.07) is 6.34. The Labute approximate surface area is 150 Å². The minimum Gasteiger partial charge on any atom is -0.346 e. The summed E-state index contributed by atoms with van der Waals surface area (Å²) in [5.41, 5.74) is 4.54. The Hall–Kier alpha value is -2.41. The Kier molecular flexibility index (Phi) is 2.94. The highest BCUT2D eigenvalue weighted by Crippen LogP contribution is 2.32. The minimum atomic E-state index is 0.265. The first kappa shape index (κ1) is 14.0. The normalized spacial score (nSPS) is 17.2. The van der Waals surface area contributed by atoms with Gasteiger partial charge in [-0.25, -0.2) is 9.97 Å². The first-order chi connectivity index (χ1) is 11.7. The summed E-state index contributed by atoms with van der Waals surface area (Å²) in [5.74, 6) is 0. The van der Waals surface area contributed by atoms with Crippen molar-refractivity contribution < 1.29 is 0 Å². The number of aromatic nitrogens is 6. The second-order valence-corrected chi connectivity index (χ2v) is 6.96.